The number of hydrogen-bond acceptors (Lipinski definition) is 2. The summed E-state index contributed by atoms with van der Waals surface area (Å²) in [5, 5.41) is 0. The molecule has 2 heteroatoms. The third-order valence-electron chi connectivity index (χ3n) is 7.33. The molecule has 1 saturated heterocycles. The maximum Gasteiger partial charge on any atom is 0.123 e. The van der Waals surface area contributed by atoms with Crippen molar-refractivity contribution in [2.45, 2.75) is 45.3 Å². The zero-order valence-corrected chi connectivity index (χ0v) is 18.7. The molecule has 3 aromatic rings. The third-order valence-corrected chi connectivity index (χ3v) is 7.33. The van der Waals surface area contributed by atoms with Gasteiger partial charge in [-0.15, -0.1) is 0 Å². The molecule has 0 amide bonds. The number of piperidine rings is 1. The quantitative estimate of drug-likeness (QED) is 0.423. The first-order valence-corrected chi connectivity index (χ1v) is 11.8. The molecule has 3 aromatic carbocycles. The minimum Gasteiger partial charge on any atom is -0.489 e. The Morgan fingerprint density at radius 1 is 0.968 bits per heavy atom. The predicted molar refractivity (Wildman–Crippen MR) is 127 cm³/mol. The van der Waals surface area contributed by atoms with Crippen LogP contribution in [0.3, 0.4) is 0 Å². The molecule has 2 aliphatic rings. The van der Waals surface area contributed by atoms with Gasteiger partial charge in [0.2, 0.25) is 0 Å². The Hall–Kier alpha value is -2.58. The van der Waals surface area contributed by atoms with Crippen molar-refractivity contribution in [3.63, 3.8) is 0 Å². The van der Waals surface area contributed by atoms with E-state index in [0.29, 0.717) is 12.5 Å². The van der Waals surface area contributed by atoms with E-state index in [0.717, 1.165) is 36.6 Å². The number of hydrogen-bond donors (Lipinski definition) is 0. The van der Waals surface area contributed by atoms with Crippen molar-refractivity contribution in [1.29, 1.82) is 0 Å². The highest BCUT2D eigenvalue weighted by atomic mass is 16.5. The van der Waals surface area contributed by atoms with E-state index in [9.17, 15) is 0 Å². The largest absolute Gasteiger partial charge is 0.489 e. The molecule has 0 radical (unpaired) electrons. The number of fused-ring (bicyclic) bond motifs is 1. The molecule has 2 nitrogen and oxygen atoms in total. The van der Waals surface area contributed by atoms with Crippen LogP contribution < -0.4 is 4.74 Å². The number of rotatable bonds is 8. The van der Waals surface area contributed by atoms with Crippen molar-refractivity contribution in [2.24, 2.45) is 11.8 Å². The summed E-state index contributed by atoms with van der Waals surface area (Å²) >= 11 is 0. The molecule has 0 aromatic heterocycles. The maximum atomic E-state index is 6.38. The van der Waals surface area contributed by atoms with Gasteiger partial charge in [0.1, 0.15) is 12.4 Å². The Morgan fingerprint density at radius 2 is 1.71 bits per heavy atom. The highest BCUT2D eigenvalue weighted by Gasteiger charge is 2.49. The predicted octanol–water partition coefficient (Wildman–Crippen LogP) is 6.44. The van der Waals surface area contributed by atoms with Gasteiger partial charge in [-0.3, -0.25) is 0 Å². The van der Waals surface area contributed by atoms with Gasteiger partial charge < -0.3 is 9.64 Å². The molecule has 4 atom stereocenters. The summed E-state index contributed by atoms with van der Waals surface area (Å²) in [7, 11) is 0. The minimum absolute atomic E-state index is 0.344. The first-order chi connectivity index (χ1) is 15.2. The van der Waals surface area contributed by atoms with Gasteiger partial charge in [0.05, 0.1) is 0 Å². The van der Waals surface area contributed by atoms with Crippen LogP contribution in [-0.4, -0.2) is 24.0 Å². The topological polar surface area (TPSA) is 12.5 Å². The van der Waals surface area contributed by atoms with Crippen LogP contribution in [0.15, 0.2) is 78.9 Å². The molecule has 0 bridgehead atoms. The fraction of sp³-hybridized carbons (Fsp3) is 0.379. The van der Waals surface area contributed by atoms with Gasteiger partial charge in [-0.05, 0) is 62.3 Å². The summed E-state index contributed by atoms with van der Waals surface area (Å²) in [5.41, 5.74) is 5.20. The summed E-state index contributed by atoms with van der Waals surface area (Å²) in [6, 6.07) is 28.9. The Labute approximate surface area is 186 Å². The lowest BCUT2D eigenvalue weighted by Gasteiger charge is -2.28. The van der Waals surface area contributed by atoms with Crippen molar-refractivity contribution >= 4 is 0 Å². The van der Waals surface area contributed by atoms with E-state index in [4.69, 9.17) is 4.74 Å². The molecule has 1 aliphatic carbocycles. The second kappa shape index (κ2) is 8.88. The van der Waals surface area contributed by atoms with Crippen LogP contribution in [0.25, 0.3) is 0 Å². The lowest BCUT2D eigenvalue weighted by Crippen LogP contribution is -2.32. The molecule has 4 unspecified atom stereocenters. The summed E-state index contributed by atoms with van der Waals surface area (Å²) in [4.78, 5) is 2.72. The molecule has 5 rings (SSSR count). The van der Waals surface area contributed by atoms with E-state index in [-0.39, 0.29) is 0 Å². The molecule has 160 valence electrons. The Balaban J connectivity index is 1.40. The Morgan fingerprint density at radius 3 is 2.42 bits per heavy atom. The molecule has 1 heterocycles. The molecule has 1 aliphatic heterocycles. The van der Waals surface area contributed by atoms with Gasteiger partial charge in [-0.2, -0.15) is 0 Å². The summed E-state index contributed by atoms with van der Waals surface area (Å²) in [6.45, 7) is 7.65. The monoisotopic (exact) mass is 411 g/mol. The van der Waals surface area contributed by atoms with Crippen molar-refractivity contribution in [1.82, 2.24) is 4.90 Å². The van der Waals surface area contributed by atoms with Crippen LogP contribution in [-0.2, 0) is 6.61 Å². The smallest absolute Gasteiger partial charge is 0.123 e. The number of benzene rings is 3. The standard InChI is InChI=1S/C29H33NO/c1-21-13-14-29(31-20-23-9-5-3-6-10-23)28(17-21)26(24-11-7-4-8-12-24)15-16-30-19-25-18-27(25)22(30)2/h3-14,17,22,25-27H,15-16,18-20H2,1-2H3. The van der Waals surface area contributed by atoms with Crippen LogP contribution in [0.2, 0.25) is 0 Å². The zero-order valence-electron chi connectivity index (χ0n) is 18.7. The highest BCUT2D eigenvalue weighted by molar-refractivity contribution is 5.44. The minimum atomic E-state index is 0.344. The van der Waals surface area contributed by atoms with E-state index in [1.165, 1.54) is 35.2 Å². The molecular formula is C29H33NO. The average Bonchev–Trinajstić information content (AvgIpc) is 3.51. The van der Waals surface area contributed by atoms with E-state index in [1.54, 1.807) is 0 Å². The van der Waals surface area contributed by atoms with Gasteiger partial charge >= 0.3 is 0 Å². The van der Waals surface area contributed by atoms with E-state index in [2.05, 4.69) is 97.6 Å². The molecule has 1 saturated carbocycles. The van der Waals surface area contributed by atoms with Crippen LogP contribution in [0.1, 0.15) is 47.9 Å². The van der Waals surface area contributed by atoms with Crippen molar-refractivity contribution in [3.05, 3.63) is 101 Å². The second-order valence-corrected chi connectivity index (χ2v) is 9.46. The van der Waals surface area contributed by atoms with Crippen molar-refractivity contribution in [2.75, 3.05) is 13.1 Å². The lowest BCUT2D eigenvalue weighted by molar-refractivity contribution is 0.227. The van der Waals surface area contributed by atoms with Gasteiger partial charge in [0.25, 0.3) is 0 Å². The van der Waals surface area contributed by atoms with Gasteiger partial charge in [0, 0.05) is 24.1 Å². The summed E-state index contributed by atoms with van der Waals surface area (Å²) < 4.78 is 6.38. The molecule has 0 spiro atoms. The number of aryl methyl sites for hydroxylation is 1. The number of nitrogens with zero attached hydrogens (tertiary/aromatic N) is 1. The molecular weight excluding hydrogens is 378 g/mol. The normalized spacial score (nSPS) is 23.4. The van der Waals surface area contributed by atoms with E-state index >= 15 is 0 Å². The highest BCUT2D eigenvalue weighted by Crippen LogP contribution is 2.49. The second-order valence-electron chi connectivity index (χ2n) is 9.46. The fourth-order valence-corrected chi connectivity index (χ4v) is 5.39. The third kappa shape index (κ3) is 4.55. The van der Waals surface area contributed by atoms with Gasteiger partial charge in [-0.1, -0.05) is 78.4 Å². The van der Waals surface area contributed by atoms with Crippen molar-refractivity contribution < 1.29 is 4.74 Å². The Kier molecular flexibility index (Phi) is 5.82. The van der Waals surface area contributed by atoms with Crippen molar-refractivity contribution in [3.8, 4) is 5.75 Å². The number of ether oxygens (including phenoxy) is 1. The SMILES string of the molecule is Cc1ccc(OCc2ccccc2)c(C(CCN2CC3CC3C2C)c2ccccc2)c1. The van der Waals surface area contributed by atoms with Crippen LogP contribution in [0, 0.1) is 18.8 Å². The zero-order chi connectivity index (χ0) is 21.2. The number of likely N-dealkylation sites (tertiary alicyclic amines) is 1. The molecule has 31 heavy (non-hydrogen) atoms. The first kappa shape index (κ1) is 20.3. The summed E-state index contributed by atoms with van der Waals surface area (Å²) in [6.07, 6.45) is 2.58. The lowest BCUT2D eigenvalue weighted by atomic mass is 9.87. The van der Waals surface area contributed by atoms with Crippen LogP contribution >= 0.6 is 0 Å². The van der Waals surface area contributed by atoms with Crippen LogP contribution in [0.5, 0.6) is 5.75 Å². The first-order valence-electron chi connectivity index (χ1n) is 11.8. The van der Waals surface area contributed by atoms with E-state index in [1.807, 2.05) is 0 Å². The van der Waals surface area contributed by atoms with E-state index < -0.39 is 0 Å². The Bertz CT molecular complexity index is 1000. The summed E-state index contributed by atoms with van der Waals surface area (Å²) in [5.74, 6) is 3.28. The van der Waals surface area contributed by atoms with Crippen LogP contribution in [0.4, 0.5) is 0 Å². The molecule has 2 fully saturated rings. The van der Waals surface area contributed by atoms with Gasteiger partial charge in [0.15, 0.2) is 0 Å². The molecule has 0 N–H and O–H groups in total. The fourth-order valence-electron chi connectivity index (χ4n) is 5.39. The maximum absolute atomic E-state index is 6.38. The average molecular weight is 412 g/mol. The van der Waals surface area contributed by atoms with Gasteiger partial charge in [-0.25, -0.2) is 0 Å².